The van der Waals surface area contributed by atoms with Gasteiger partial charge in [0.25, 0.3) is 0 Å². The number of hydrogen-bond donors (Lipinski definition) is 1. The van der Waals surface area contributed by atoms with Gasteiger partial charge in [0, 0.05) is 16.5 Å². The molecule has 0 amide bonds. The maximum atomic E-state index is 13.2. The van der Waals surface area contributed by atoms with E-state index >= 15 is 0 Å². The molecule has 2 atom stereocenters. The minimum atomic E-state index is -3.94. The summed E-state index contributed by atoms with van der Waals surface area (Å²) in [4.78, 5) is 25.9. The Bertz CT molecular complexity index is 1420. The predicted octanol–water partition coefficient (Wildman–Crippen LogP) is 4.59. The van der Waals surface area contributed by atoms with Gasteiger partial charge in [-0.25, -0.2) is 18.0 Å². The number of rotatable bonds is 7. The standard InChI is InChI=1S/C27H31NO6S/c1-5-17(3)24(28-35(31,32)19-12-10-16(2)11-13-19)27(30)33-23-15-14-21-20-8-6-7-9-22(20)26(29)34-25(21)18(23)4/h10-15,17,24,28H,5-9H2,1-4H3/t17-,24+/m0/s1. The second kappa shape index (κ2) is 9.95. The SMILES string of the molecule is CC[C@H](C)[C@@H](NS(=O)(=O)c1ccc(C)cc1)C(=O)Oc1ccc2c3c(c(=O)oc2c1C)CCCC3. The van der Waals surface area contributed by atoms with E-state index in [0.29, 0.717) is 24.0 Å². The van der Waals surface area contributed by atoms with Gasteiger partial charge in [0.05, 0.1) is 4.90 Å². The van der Waals surface area contributed by atoms with Crippen molar-refractivity contribution in [1.82, 2.24) is 4.72 Å². The third-order valence-corrected chi connectivity index (χ3v) is 8.34. The molecule has 1 aromatic heterocycles. The largest absolute Gasteiger partial charge is 0.425 e. The van der Waals surface area contributed by atoms with E-state index in [1.165, 1.54) is 12.1 Å². The van der Waals surface area contributed by atoms with Crippen molar-refractivity contribution in [2.75, 3.05) is 0 Å². The van der Waals surface area contributed by atoms with Gasteiger partial charge in [-0.2, -0.15) is 4.72 Å². The fourth-order valence-electron chi connectivity index (χ4n) is 4.49. The second-order valence-electron chi connectivity index (χ2n) is 9.34. The Kier molecular flexibility index (Phi) is 7.15. The smallest absolute Gasteiger partial charge is 0.339 e. The van der Waals surface area contributed by atoms with Gasteiger partial charge >= 0.3 is 11.6 Å². The summed E-state index contributed by atoms with van der Waals surface area (Å²) in [6.07, 6.45) is 4.06. The quantitative estimate of drug-likeness (QED) is 0.291. The van der Waals surface area contributed by atoms with Gasteiger partial charge in [0.1, 0.15) is 17.4 Å². The van der Waals surface area contributed by atoms with Gasteiger partial charge in [-0.1, -0.05) is 38.0 Å². The van der Waals surface area contributed by atoms with E-state index in [1.54, 1.807) is 32.0 Å². The number of carbonyl (C=O) groups excluding carboxylic acids is 1. The van der Waals surface area contributed by atoms with Crippen LogP contribution >= 0.6 is 0 Å². The Morgan fingerprint density at radius 3 is 2.37 bits per heavy atom. The Morgan fingerprint density at radius 1 is 1.06 bits per heavy atom. The summed E-state index contributed by atoms with van der Waals surface area (Å²) in [5.74, 6) is -0.782. The Balaban J connectivity index is 1.65. The monoisotopic (exact) mass is 497 g/mol. The summed E-state index contributed by atoms with van der Waals surface area (Å²) >= 11 is 0. The Hall–Kier alpha value is -2.97. The maximum Gasteiger partial charge on any atom is 0.339 e. The van der Waals surface area contributed by atoms with Crippen LogP contribution in [0.2, 0.25) is 0 Å². The van der Waals surface area contributed by atoms with Crippen LogP contribution in [-0.4, -0.2) is 20.4 Å². The van der Waals surface area contributed by atoms with Crippen molar-refractivity contribution in [3.05, 3.63) is 69.1 Å². The highest BCUT2D eigenvalue weighted by molar-refractivity contribution is 7.89. The lowest BCUT2D eigenvalue weighted by Crippen LogP contribution is -2.47. The molecule has 0 bridgehead atoms. The summed E-state index contributed by atoms with van der Waals surface area (Å²) in [6, 6.07) is 8.84. The number of hydrogen-bond acceptors (Lipinski definition) is 6. The van der Waals surface area contributed by atoms with Gasteiger partial charge in [-0.3, -0.25) is 0 Å². The topological polar surface area (TPSA) is 103 Å². The summed E-state index contributed by atoms with van der Waals surface area (Å²) < 4.78 is 39.8. The van der Waals surface area contributed by atoms with E-state index in [9.17, 15) is 18.0 Å². The van der Waals surface area contributed by atoms with Crippen molar-refractivity contribution in [3.63, 3.8) is 0 Å². The van der Waals surface area contributed by atoms with E-state index in [0.717, 1.165) is 41.3 Å². The molecule has 0 saturated heterocycles. The first-order valence-electron chi connectivity index (χ1n) is 12.0. The average Bonchev–Trinajstić information content (AvgIpc) is 2.84. The van der Waals surface area contributed by atoms with Crippen LogP contribution in [0.25, 0.3) is 11.0 Å². The molecule has 35 heavy (non-hydrogen) atoms. The van der Waals surface area contributed by atoms with Gasteiger partial charge in [0.15, 0.2) is 0 Å². The summed E-state index contributed by atoms with van der Waals surface area (Å²) in [5.41, 5.74) is 3.26. The molecule has 1 heterocycles. The summed E-state index contributed by atoms with van der Waals surface area (Å²) in [6.45, 7) is 7.27. The van der Waals surface area contributed by atoms with E-state index in [-0.39, 0.29) is 22.2 Å². The van der Waals surface area contributed by atoms with Crippen LogP contribution < -0.4 is 15.1 Å². The van der Waals surface area contributed by atoms with Crippen molar-refractivity contribution in [2.45, 2.75) is 70.7 Å². The van der Waals surface area contributed by atoms with Crippen molar-refractivity contribution in [2.24, 2.45) is 5.92 Å². The predicted molar refractivity (Wildman–Crippen MR) is 134 cm³/mol. The Morgan fingerprint density at radius 2 is 1.71 bits per heavy atom. The van der Waals surface area contributed by atoms with Crippen LogP contribution in [0.3, 0.4) is 0 Å². The molecule has 0 saturated carbocycles. The van der Waals surface area contributed by atoms with E-state index < -0.39 is 22.0 Å². The molecular formula is C27H31NO6S. The van der Waals surface area contributed by atoms with E-state index in [4.69, 9.17) is 9.15 Å². The number of fused-ring (bicyclic) bond motifs is 3. The minimum Gasteiger partial charge on any atom is -0.425 e. The molecule has 1 aliphatic carbocycles. The van der Waals surface area contributed by atoms with Crippen molar-refractivity contribution in [3.8, 4) is 5.75 Å². The summed E-state index contributed by atoms with van der Waals surface area (Å²) in [5, 5.41) is 0.857. The third-order valence-electron chi connectivity index (χ3n) is 6.88. The number of carbonyl (C=O) groups is 1. The highest BCUT2D eigenvalue weighted by Crippen LogP contribution is 2.33. The number of aryl methyl sites for hydroxylation is 3. The van der Waals surface area contributed by atoms with E-state index in [1.807, 2.05) is 19.9 Å². The van der Waals surface area contributed by atoms with Crippen LogP contribution in [0.15, 0.2) is 50.5 Å². The van der Waals surface area contributed by atoms with Crippen LogP contribution in [0.1, 0.15) is 55.4 Å². The molecule has 3 aromatic rings. The van der Waals surface area contributed by atoms with Crippen LogP contribution in [0, 0.1) is 19.8 Å². The third kappa shape index (κ3) is 5.04. The highest BCUT2D eigenvalue weighted by Gasteiger charge is 2.32. The zero-order valence-corrected chi connectivity index (χ0v) is 21.3. The number of sulfonamides is 1. The zero-order chi connectivity index (χ0) is 25.3. The molecule has 0 fully saturated rings. The molecule has 0 spiro atoms. The first-order valence-corrected chi connectivity index (χ1v) is 13.5. The first-order chi connectivity index (χ1) is 16.6. The summed E-state index contributed by atoms with van der Waals surface area (Å²) in [7, 11) is -3.94. The lowest BCUT2D eigenvalue weighted by molar-refractivity contribution is -0.137. The molecule has 0 unspecified atom stereocenters. The molecule has 4 rings (SSSR count). The number of nitrogens with one attached hydrogen (secondary N) is 1. The number of esters is 1. The molecule has 7 nitrogen and oxygen atoms in total. The minimum absolute atomic E-state index is 0.0811. The average molecular weight is 498 g/mol. The van der Waals surface area contributed by atoms with Gasteiger partial charge < -0.3 is 9.15 Å². The normalized spacial score (nSPS) is 15.4. The molecule has 1 aliphatic rings. The molecule has 186 valence electrons. The van der Waals surface area contributed by atoms with Crippen LogP contribution in [0.4, 0.5) is 0 Å². The van der Waals surface area contributed by atoms with Crippen molar-refractivity contribution in [1.29, 1.82) is 0 Å². The fourth-order valence-corrected chi connectivity index (χ4v) is 5.79. The van der Waals surface area contributed by atoms with Crippen LogP contribution in [-0.2, 0) is 27.7 Å². The second-order valence-corrected chi connectivity index (χ2v) is 11.1. The molecule has 0 radical (unpaired) electrons. The Labute approximate surface area is 205 Å². The molecule has 0 aliphatic heterocycles. The lowest BCUT2D eigenvalue weighted by atomic mass is 9.90. The fraction of sp³-hybridized carbons (Fsp3) is 0.407. The number of benzene rings is 2. The molecular weight excluding hydrogens is 466 g/mol. The van der Waals surface area contributed by atoms with Crippen molar-refractivity contribution < 1.29 is 22.4 Å². The number of ether oxygens (including phenoxy) is 1. The molecule has 8 heteroatoms. The highest BCUT2D eigenvalue weighted by atomic mass is 32.2. The molecule has 2 aromatic carbocycles. The lowest BCUT2D eigenvalue weighted by Gasteiger charge is -2.23. The maximum absolute atomic E-state index is 13.2. The molecule has 1 N–H and O–H groups in total. The van der Waals surface area contributed by atoms with Gasteiger partial charge in [-0.15, -0.1) is 0 Å². The first kappa shape index (κ1) is 25.1. The van der Waals surface area contributed by atoms with Gasteiger partial charge in [-0.05, 0) is 75.3 Å². The van der Waals surface area contributed by atoms with Crippen molar-refractivity contribution >= 4 is 27.0 Å². The zero-order valence-electron chi connectivity index (χ0n) is 20.5. The van der Waals surface area contributed by atoms with Gasteiger partial charge in [0.2, 0.25) is 10.0 Å². The van der Waals surface area contributed by atoms with Crippen LogP contribution in [0.5, 0.6) is 5.75 Å². The van der Waals surface area contributed by atoms with E-state index in [2.05, 4.69) is 4.72 Å².